The zero-order chi connectivity index (χ0) is 14.2. The first-order valence-corrected chi connectivity index (χ1v) is 7.54. The molecule has 1 aromatic heterocycles. The van der Waals surface area contributed by atoms with Crippen LogP contribution in [0, 0.1) is 0 Å². The summed E-state index contributed by atoms with van der Waals surface area (Å²) in [6.07, 6.45) is 5.12. The molecule has 0 spiro atoms. The van der Waals surface area contributed by atoms with Crippen LogP contribution in [0.25, 0.3) is 0 Å². The van der Waals surface area contributed by atoms with Gasteiger partial charge in [0, 0.05) is 24.9 Å². The predicted octanol–water partition coefficient (Wildman–Crippen LogP) is 3.73. The Kier molecular flexibility index (Phi) is 5.75. The highest BCUT2D eigenvalue weighted by atomic mass is 14.8. The molecule has 1 heterocycles. The fraction of sp³-hybridized carbons (Fsp3) is 0.389. The SMILES string of the molecule is CCCNCc1ccccc1Cc1ccc(CC)cn1. The van der Waals surface area contributed by atoms with Crippen LogP contribution < -0.4 is 5.32 Å². The van der Waals surface area contributed by atoms with Crippen LogP contribution in [0.15, 0.2) is 42.6 Å². The number of aromatic nitrogens is 1. The van der Waals surface area contributed by atoms with E-state index < -0.39 is 0 Å². The van der Waals surface area contributed by atoms with Crippen LogP contribution in [0.2, 0.25) is 0 Å². The van der Waals surface area contributed by atoms with Crippen molar-refractivity contribution in [3.05, 3.63) is 65.0 Å². The molecule has 20 heavy (non-hydrogen) atoms. The van der Waals surface area contributed by atoms with E-state index in [4.69, 9.17) is 0 Å². The molecular formula is C18H24N2. The second-order valence-corrected chi connectivity index (χ2v) is 5.13. The van der Waals surface area contributed by atoms with Gasteiger partial charge in [-0.2, -0.15) is 0 Å². The fourth-order valence-corrected chi connectivity index (χ4v) is 2.27. The molecule has 0 atom stereocenters. The standard InChI is InChI=1S/C18H24N2/c1-3-11-19-14-17-8-6-5-7-16(17)12-18-10-9-15(4-2)13-20-18/h5-10,13,19H,3-4,11-12,14H2,1-2H3. The Labute approximate surface area is 122 Å². The summed E-state index contributed by atoms with van der Waals surface area (Å²) in [6, 6.07) is 13.0. The van der Waals surface area contributed by atoms with Gasteiger partial charge in [-0.25, -0.2) is 0 Å². The van der Waals surface area contributed by atoms with Crippen molar-refractivity contribution in [2.24, 2.45) is 0 Å². The first-order chi connectivity index (χ1) is 9.83. The normalized spacial score (nSPS) is 10.7. The van der Waals surface area contributed by atoms with Crippen LogP contribution in [-0.4, -0.2) is 11.5 Å². The molecule has 0 aliphatic heterocycles. The van der Waals surface area contributed by atoms with Crippen molar-refractivity contribution in [2.75, 3.05) is 6.54 Å². The lowest BCUT2D eigenvalue weighted by atomic mass is 10.0. The number of hydrogen-bond acceptors (Lipinski definition) is 2. The van der Waals surface area contributed by atoms with Crippen LogP contribution in [0.1, 0.15) is 42.7 Å². The maximum Gasteiger partial charge on any atom is 0.0447 e. The van der Waals surface area contributed by atoms with Crippen molar-refractivity contribution in [3.63, 3.8) is 0 Å². The third-order valence-electron chi connectivity index (χ3n) is 3.53. The summed E-state index contributed by atoms with van der Waals surface area (Å²) in [5, 5.41) is 3.48. The molecule has 2 nitrogen and oxygen atoms in total. The molecule has 1 aromatic carbocycles. The Morgan fingerprint density at radius 3 is 2.45 bits per heavy atom. The Morgan fingerprint density at radius 2 is 1.80 bits per heavy atom. The first kappa shape index (κ1) is 14.7. The molecule has 0 aliphatic rings. The third kappa shape index (κ3) is 4.17. The summed E-state index contributed by atoms with van der Waals surface area (Å²) < 4.78 is 0. The summed E-state index contributed by atoms with van der Waals surface area (Å²) in [5.41, 5.74) is 5.19. The van der Waals surface area contributed by atoms with Gasteiger partial charge in [-0.15, -0.1) is 0 Å². The van der Waals surface area contributed by atoms with Crippen molar-refractivity contribution < 1.29 is 0 Å². The van der Waals surface area contributed by atoms with Gasteiger partial charge in [-0.05, 0) is 42.1 Å². The number of benzene rings is 1. The van der Waals surface area contributed by atoms with E-state index >= 15 is 0 Å². The number of pyridine rings is 1. The largest absolute Gasteiger partial charge is 0.313 e. The van der Waals surface area contributed by atoms with Crippen molar-refractivity contribution in [2.45, 2.75) is 39.7 Å². The number of nitrogens with one attached hydrogen (secondary N) is 1. The fourth-order valence-electron chi connectivity index (χ4n) is 2.27. The van der Waals surface area contributed by atoms with Crippen LogP contribution in [-0.2, 0) is 19.4 Å². The van der Waals surface area contributed by atoms with Crippen LogP contribution >= 0.6 is 0 Å². The summed E-state index contributed by atoms with van der Waals surface area (Å²) in [4.78, 5) is 4.56. The Bertz CT molecular complexity index is 517. The molecule has 0 amide bonds. The minimum absolute atomic E-state index is 0.911. The van der Waals surface area contributed by atoms with E-state index in [1.165, 1.54) is 23.1 Å². The molecule has 2 aromatic rings. The molecule has 106 valence electrons. The van der Waals surface area contributed by atoms with Crippen LogP contribution in [0.4, 0.5) is 0 Å². The monoisotopic (exact) mass is 268 g/mol. The summed E-state index contributed by atoms with van der Waals surface area (Å²) in [6.45, 7) is 6.36. The summed E-state index contributed by atoms with van der Waals surface area (Å²) >= 11 is 0. The summed E-state index contributed by atoms with van der Waals surface area (Å²) in [7, 11) is 0. The topological polar surface area (TPSA) is 24.9 Å². The lowest BCUT2D eigenvalue weighted by molar-refractivity contribution is 0.672. The van der Waals surface area contributed by atoms with E-state index in [1.807, 2.05) is 6.20 Å². The van der Waals surface area contributed by atoms with E-state index in [-0.39, 0.29) is 0 Å². The van der Waals surface area contributed by atoms with Crippen LogP contribution in [0.5, 0.6) is 0 Å². The van der Waals surface area contributed by atoms with Gasteiger partial charge in [0.1, 0.15) is 0 Å². The number of rotatable bonds is 7. The Balaban J connectivity index is 2.07. The average Bonchev–Trinajstić information content (AvgIpc) is 2.50. The van der Waals surface area contributed by atoms with Gasteiger partial charge in [-0.3, -0.25) is 4.98 Å². The van der Waals surface area contributed by atoms with Crippen molar-refractivity contribution in [1.29, 1.82) is 0 Å². The number of hydrogen-bond donors (Lipinski definition) is 1. The Morgan fingerprint density at radius 1 is 1.00 bits per heavy atom. The third-order valence-corrected chi connectivity index (χ3v) is 3.53. The second kappa shape index (κ2) is 7.81. The quantitative estimate of drug-likeness (QED) is 0.774. The van der Waals surface area contributed by atoms with Gasteiger partial charge in [0.2, 0.25) is 0 Å². The molecule has 0 saturated carbocycles. The lowest BCUT2D eigenvalue weighted by Gasteiger charge is -2.10. The highest BCUT2D eigenvalue weighted by Crippen LogP contribution is 2.13. The van der Waals surface area contributed by atoms with Gasteiger partial charge >= 0.3 is 0 Å². The van der Waals surface area contributed by atoms with Gasteiger partial charge < -0.3 is 5.32 Å². The van der Waals surface area contributed by atoms with Crippen LogP contribution in [0.3, 0.4) is 0 Å². The molecule has 0 fully saturated rings. The van der Waals surface area contributed by atoms with Gasteiger partial charge in [0.05, 0.1) is 0 Å². The van der Waals surface area contributed by atoms with E-state index in [0.29, 0.717) is 0 Å². The molecule has 1 N–H and O–H groups in total. The Hall–Kier alpha value is -1.67. The molecule has 2 heteroatoms. The maximum absolute atomic E-state index is 4.56. The highest BCUT2D eigenvalue weighted by Gasteiger charge is 2.04. The minimum Gasteiger partial charge on any atom is -0.313 e. The molecule has 0 aliphatic carbocycles. The van der Waals surface area contributed by atoms with E-state index in [0.717, 1.165) is 31.6 Å². The molecule has 0 saturated heterocycles. The van der Waals surface area contributed by atoms with Crippen molar-refractivity contribution >= 4 is 0 Å². The maximum atomic E-state index is 4.56. The zero-order valence-electron chi connectivity index (χ0n) is 12.5. The van der Waals surface area contributed by atoms with E-state index in [1.54, 1.807) is 0 Å². The molecule has 0 radical (unpaired) electrons. The number of nitrogens with zero attached hydrogens (tertiary/aromatic N) is 1. The average molecular weight is 268 g/mol. The lowest BCUT2D eigenvalue weighted by Crippen LogP contribution is -2.15. The molecular weight excluding hydrogens is 244 g/mol. The van der Waals surface area contributed by atoms with Gasteiger partial charge in [0.15, 0.2) is 0 Å². The van der Waals surface area contributed by atoms with Gasteiger partial charge in [0.25, 0.3) is 0 Å². The molecule has 0 bridgehead atoms. The van der Waals surface area contributed by atoms with Crippen molar-refractivity contribution in [1.82, 2.24) is 10.3 Å². The van der Waals surface area contributed by atoms with Gasteiger partial charge in [-0.1, -0.05) is 44.2 Å². The molecule has 0 unspecified atom stereocenters. The minimum atomic E-state index is 0.911. The van der Waals surface area contributed by atoms with E-state index in [2.05, 4.69) is 60.5 Å². The second-order valence-electron chi connectivity index (χ2n) is 5.13. The van der Waals surface area contributed by atoms with E-state index in [9.17, 15) is 0 Å². The smallest absolute Gasteiger partial charge is 0.0447 e. The summed E-state index contributed by atoms with van der Waals surface area (Å²) in [5.74, 6) is 0. The first-order valence-electron chi connectivity index (χ1n) is 7.54. The van der Waals surface area contributed by atoms with Crippen molar-refractivity contribution in [3.8, 4) is 0 Å². The zero-order valence-corrected chi connectivity index (χ0v) is 12.5. The predicted molar refractivity (Wildman–Crippen MR) is 84.9 cm³/mol. The highest BCUT2D eigenvalue weighted by molar-refractivity contribution is 5.31. The number of aryl methyl sites for hydroxylation is 1. The molecule has 2 rings (SSSR count).